The van der Waals surface area contributed by atoms with Crippen molar-refractivity contribution in [2.45, 2.75) is 32.9 Å². The van der Waals surface area contributed by atoms with Crippen molar-refractivity contribution in [2.24, 2.45) is 11.1 Å². The number of aliphatic hydroxyl groups excluding tert-OH is 1. The van der Waals surface area contributed by atoms with Crippen molar-refractivity contribution in [3.05, 3.63) is 0 Å². The van der Waals surface area contributed by atoms with E-state index in [1.165, 1.54) is 0 Å². The Hall–Kier alpha value is -0.160. The summed E-state index contributed by atoms with van der Waals surface area (Å²) in [6, 6.07) is 0.00427. The van der Waals surface area contributed by atoms with E-state index in [4.69, 9.17) is 5.73 Å². The average molecular weight is 231 g/mol. The first-order valence-electron chi connectivity index (χ1n) is 5.91. The van der Waals surface area contributed by atoms with E-state index in [0.29, 0.717) is 0 Å². The van der Waals surface area contributed by atoms with Crippen LogP contribution in [-0.2, 0) is 0 Å². The maximum atomic E-state index is 9.46. The summed E-state index contributed by atoms with van der Waals surface area (Å²) >= 11 is 0. The molecule has 0 amide bonds. The molecule has 0 saturated heterocycles. The van der Waals surface area contributed by atoms with Gasteiger partial charge in [-0.1, -0.05) is 20.8 Å². The molecule has 4 heteroatoms. The summed E-state index contributed by atoms with van der Waals surface area (Å²) in [7, 11) is 6.12. The molecule has 0 spiro atoms. The monoisotopic (exact) mass is 231 g/mol. The maximum absolute atomic E-state index is 9.46. The van der Waals surface area contributed by atoms with Crippen LogP contribution < -0.4 is 5.73 Å². The highest BCUT2D eigenvalue weighted by Crippen LogP contribution is 2.22. The van der Waals surface area contributed by atoms with Crippen LogP contribution in [-0.4, -0.2) is 67.8 Å². The van der Waals surface area contributed by atoms with Crippen LogP contribution in [0.1, 0.15) is 20.8 Å². The third-order valence-corrected chi connectivity index (χ3v) is 3.07. The van der Waals surface area contributed by atoms with Crippen LogP contribution in [0.5, 0.6) is 0 Å². The summed E-state index contributed by atoms with van der Waals surface area (Å²) in [6.07, 6.45) is 0. The number of aliphatic hydroxyl groups is 1. The molecule has 0 aromatic heterocycles. The Morgan fingerprint density at radius 1 is 1.12 bits per heavy atom. The molecule has 16 heavy (non-hydrogen) atoms. The minimum Gasteiger partial charge on any atom is -0.395 e. The third-order valence-electron chi connectivity index (χ3n) is 3.07. The molecule has 0 aromatic carbocycles. The second kappa shape index (κ2) is 6.55. The van der Waals surface area contributed by atoms with Crippen molar-refractivity contribution in [1.29, 1.82) is 0 Å². The first-order chi connectivity index (χ1) is 7.20. The molecular weight excluding hydrogens is 202 g/mol. The lowest BCUT2D eigenvalue weighted by atomic mass is 9.82. The van der Waals surface area contributed by atoms with E-state index in [2.05, 4.69) is 30.6 Å². The first-order valence-corrected chi connectivity index (χ1v) is 5.91. The maximum Gasteiger partial charge on any atom is 0.0602 e. The van der Waals surface area contributed by atoms with Gasteiger partial charge in [0.2, 0.25) is 0 Å². The number of hydrogen-bond acceptors (Lipinski definition) is 4. The molecule has 0 aliphatic rings. The molecule has 0 aromatic rings. The van der Waals surface area contributed by atoms with Gasteiger partial charge in [-0.25, -0.2) is 0 Å². The van der Waals surface area contributed by atoms with Crippen molar-refractivity contribution in [3.63, 3.8) is 0 Å². The van der Waals surface area contributed by atoms with Crippen LogP contribution in [0.4, 0.5) is 0 Å². The SMILES string of the molecule is CN(C)CCN(C)C(CO)C(N)C(C)(C)C. The van der Waals surface area contributed by atoms with Gasteiger partial charge in [0, 0.05) is 25.2 Å². The molecule has 0 aliphatic carbocycles. The van der Waals surface area contributed by atoms with Gasteiger partial charge in [-0.3, -0.25) is 4.90 Å². The molecule has 98 valence electrons. The highest BCUT2D eigenvalue weighted by Gasteiger charge is 2.30. The van der Waals surface area contributed by atoms with Gasteiger partial charge in [0.25, 0.3) is 0 Å². The van der Waals surface area contributed by atoms with Gasteiger partial charge in [-0.2, -0.15) is 0 Å². The lowest BCUT2D eigenvalue weighted by molar-refractivity contribution is 0.0845. The van der Waals surface area contributed by atoms with E-state index >= 15 is 0 Å². The van der Waals surface area contributed by atoms with Crippen molar-refractivity contribution < 1.29 is 5.11 Å². The van der Waals surface area contributed by atoms with Gasteiger partial charge in [-0.15, -0.1) is 0 Å². The van der Waals surface area contributed by atoms with Crippen LogP contribution in [0, 0.1) is 5.41 Å². The van der Waals surface area contributed by atoms with E-state index in [9.17, 15) is 5.11 Å². The van der Waals surface area contributed by atoms with Crippen molar-refractivity contribution in [1.82, 2.24) is 9.80 Å². The van der Waals surface area contributed by atoms with Crippen LogP contribution in [0.2, 0.25) is 0 Å². The van der Waals surface area contributed by atoms with E-state index < -0.39 is 0 Å². The fourth-order valence-corrected chi connectivity index (χ4v) is 1.63. The van der Waals surface area contributed by atoms with E-state index in [0.717, 1.165) is 13.1 Å². The smallest absolute Gasteiger partial charge is 0.0602 e. The molecule has 0 rings (SSSR count). The Labute approximate surface area is 100 Å². The largest absolute Gasteiger partial charge is 0.395 e. The zero-order valence-electron chi connectivity index (χ0n) is 11.7. The molecule has 4 nitrogen and oxygen atoms in total. The fraction of sp³-hybridized carbons (Fsp3) is 1.00. The summed E-state index contributed by atoms with van der Waals surface area (Å²) in [6.45, 7) is 8.34. The molecular formula is C12H29N3O. The van der Waals surface area contributed by atoms with E-state index in [1.807, 2.05) is 21.1 Å². The standard InChI is InChI=1S/C12H29N3O/c1-12(2,3)11(13)10(9-16)15(6)8-7-14(4)5/h10-11,16H,7-9,13H2,1-6H3. The van der Waals surface area contributed by atoms with Gasteiger partial charge in [0.15, 0.2) is 0 Å². The number of rotatable bonds is 6. The molecule has 2 unspecified atom stereocenters. The summed E-state index contributed by atoms with van der Waals surface area (Å²) in [5.41, 5.74) is 6.21. The summed E-state index contributed by atoms with van der Waals surface area (Å²) in [5, 5.41) is 9.46. The topological polar surface area (TPSA) is 52.7 Å². The zero-order chi connectivity index (χ0) is 12.9. The van der Waals surface area contributed by atoms with Crippen molar-refractivity contribution in [2.75, 3.05) is 40.8 Å². The quantitative estimate of drug-likeness (QED) is 0.686. The second-order valence-corrected chi connectivity index (χ2v) is 5.93. The van der Waals surface area contributed by atoms with Crippen molar-refractivity contribution >= 4 is 0 Å². The summed E-state index contributed by atoms with van der Waals surface area (Å²) in [5.74, 6) is 0. The number of likely N-dealkylation sites (N-methyl/N-ethyl adjacent to an activating group) is 2. The van der Waals surface area contributed by atoms with E-state index in [1.54, 1.807) is 0 Å². The van der Waals surface area contributed by atoms with E-state index in [-0.39, 0.29) is 24.1 Å². The van der Waals surface area contributed by atoms with Crippen LogP contribution in [0.25, 0.3) is 0 Å². The molecule has 3 N–H and O–H groups in total. The molecule has 0 aliphatic heterocycles. The fourth-order valence-electron chi connectivity index (χ4n) is 1.63. The molecule has 0 radical (unpaired) electrons. The van der Waals surface area contributed by atoms with Crippen molar-refractivity contribution in [3.8, 4) is 0 Å². The molecule has 2 atom stereocenters. The van der Waals surface area contributed by atoms with Gasteiger partial charge in [0.05, 0.1) is 6.61 Å². The normalized spacial score (nSPS) is 16.9. The van der Waals surface area contributed by atoms with Gasteiger partial charge in [-0.05, 0) is 26.6 Å². The Morgan fingerprint density at radius 3 is 1.94 bits per heavy atom. The average Bonchev–Trinajstić information content (AvgIpc) is 2.14. The zero-order valence-corrected chi connectivity index (χ0v) is 11.7. The predicted octanol–water partition coefficient (Wildman–Crippen LogP) is 0.214. The predicted molar refractivity (Wildman–Crippen MR) is 69.5 cm³/mol. The lowest BCUT2D eigenvalue weighted by Crippen LogP contribution is -2.55. The Morgan fingerprint density at radius 2 is 1.62 bits per heavy atom. The van der Waals surface area contributed by atoms with Gasteiger partial charge in [0.1, 0.15) is 0 Å². The second-order valence-electron chi connectivity index (χ2n) is 5.93. The first kappa shape index (κ1) is 15.8. The summed E-state index contributed by atoms with van der Waals surface area (Å²) < 4.78 is 0. The molecule has 0 bridgehead atoms. The van der Waals surface area contributed by atoms with Crippen LogP contribution in [0.15, 0.2) is 0 Å². The number of nitrogens with zero attached hydrogens (tertiary/aromatic N) is 2. The number of hydrogen-bond donors (Lipinski definition) is 2. The third kappa shape index (κ3) is 5.25. The molecule has 0 heterocycles. The van der Waals surface area contributed by atoms with Crippen LogP contribution in [0.3, 0.4) is 0 Å². The van der Waals surface area contributed by atoms with Crippen LogP contribution >= 0.6 is 0 Å². The van der Waals surface area contributed by atoms with Gasteiger partial charge < -0.3 is 15.7 Å². The highest BCUT2D eigenvalue weighted by molar-refractivity contribution is 4.88. The Balaban J connectivity index is 4.37. The summed E-state index contributed by atoms with van der Waals surface area (Å²) in [4.78, 5) is 4.28. The lowest BCUT2D eigenvalue weighted by Gasteiger charge is -2.38. The Kier molecular flexibility index (Phi) is 6.48. The minimum atomic E-state index is -0.0235. The molecule has 0 saturated carbocycles. The molecule has 0 fully saturated rings. The highest BCUT2D eigenvalue weighted by atomic mass is 16.3. The van der Waals surface area contributed by atoms with Gasteiger partial charge >= 0.3 is 0 Å². The Bertz CT molecular complexity index is 189. The minimum absolute atomic E-state index is 0.0137. The number of nitrogens with two attached hydrogens (primary N) is 1.